The molecule has 0 spiro atoms. The van der Waals surface area contributed by atoms with E-state index in [2.05, 4.69) is 19.9 Å². The van der Waals surface area contributed by atoms with Crippen molar-refractivity contribution in [3.05, 3.63) is 77.3 Å². The fourth-order valence-corrected chi connectivity index (χ4v) is 4.43. The Hall–Kier alpha value is -3.32. The maximum absolute atomic E-state index is 12.7. The van der Waals surface area contributed by atoms with E-state index in [-0.39, 0.29) is 5.91 Å². The van der Waals surface area contributed by atoms with Gasteiger partial charge in [0.15, 0.2) is 0 Å². The van der Waals surface area contributed by atoms with E-state index in [1.165, 1.54) is 0 Å². The summed E-state index contributed by atoms with van der Waals surface area (Å²) >= 11 is 6.72. The van der Waals surface area contributed by atoms with E-state index in [9.17, 15) is 4.79 Å². The monoisotopic (exact) mass is 449 g/mol. The van der Waals surface area contributed by atoms with Gasteiger partial charge in [-0.3, -0.25) is 10.1 Å². The smallest absolute Gasteiger partial charge is 0.254 e. The van der Waals surface area contributed by atoms with Crippen molar-refractivity contribution >= 4 is 29.2 Å². The van der Waals surface area contributed by atoms with E-state index in [0.29, 0.717) is 29.9 Å². The number of halogens is 1. The highest BCUT2D eigenvalue weighted by Gasteiger charge is 2.40. The average molecular weight is 450 g/mol. The molecule has 0 aliphatic carbocycles. The second-order valence-electron chi connectivity index (χ2n) is 7.95. The fourth-order valence-electron chi connectivity index (χ4n) is 4.15. The van der Waals surface area contributed by atoms with Crippen LogP contribution in [0.4, 0.5) is 5.69 Å². The van der Waals surface area contributed by atoms with Crippen molar-refractivity contribution in [2.24, 2.45) is 4.99 Å². The highest BCUT2D eigenvalue weighted by atomic mass is 35.5. The van der Waals surface area contributed by atoms with Crippen LogP contribution in [0.25, 0.3) is 0 Å². The van der Waals surface area contributed by atoms with Gasteiger partial charge < -0.3 is 14.2 Å². The lowest BCUT2D eigenvalue weighted by molar-refractivity contribution is -0.121. The van der Waals surface area contributed by atoms with Crippen LogP contribution in [0, 0.1) is 0 Å². The standard InChI is InChI=1S/C24H24ClN5O2/c25-21-18-15-30-22(17-7-3-1-4-8-17)23(31)28-24(30)27-19(18)9-10-20(21)32-14-6-2-5-12-29-13-11-26-16-29/h1,3-4,7-11,13,16,22H,2,5-6,12,14-15H2,(H,27,28,31). The molecule has 0 bridgehead atoms. The zero-order valence-corrected chi connectivity index (χ0v) is 18.3. The summed E-state index contributed by atoms with van der Waals surface area (Å²) in [7, 11) is 0. The van der Waals surface area contributed by atoms with Gasteiger partial charge in [-0.05, 0) is 37.0 Å². The van der Waals surface area contributed by atoms with Gasteiger partial charge in [0.25, 0.3) is 5.91 Å². The summed E-state index contributed by atoms with van der Waals surface area (Å²) in [5, 5.41) is 3.46. The largest absolute Gasteiger partial charge is 0.492 e. The molecule has 1 aromatic heterocycles. The normalized spacial score (nSPS) is 16.9. The lowest BCUT2D eigenvalue weighted by Crippen LogP contribution is -2.33. The molecule has 2 aromatic carbocycles. The number of guanidine groups is 1. The van der Waals surface area contributed by atoms with Crippen molar-refractivity contribution in [1.82, 2.24) is 19.8 Å². The third-order valence-electron chi connectivity index (χ3n) is 5.80. The third-order valence-corrected chi connectivity index (χ3v) is 6.21. The van der Waals surface area contributed by atoms with Crippen LogP contribution in [0.15, 0.2) is 66.2 Å². The summed E-state index contributed by atoms with van der Waals surface area (Å²) in [6.07, 6.45) is 8.70. The summed E-state index contributed by atoms with van der Waals surface area (Å²) in [5.41, 5.74) is 2.58. The molecule has 1 unspecified atom stereocenters. The van der Waals surface area contributed by atoms with Gasteiger partial charge in [0.2, 0.25) is 5.96 Å². The number of hydrogen-bond donors (Lipinski definition) is 1. The Kier molecular flexibility index (Phi) is 5.81. The molecule has 5 rings (SSSR count). The van der Waals surface area contributed by atoms with Crippen molar-refractivity contribution in [1.29, 1.82) is 0 Å². The number of imidazole rings is 1. The molecule has 7 nitrogen and oxygen atoms in total. The van der Waals surface area contributed by atoms with Crippen LogP contribution in [-0.2, 0) is 17.9 Å². The number of nitrogens with zero attached hydrogens (tertiary/aromatic N) is 4. The van der Waals surface area contributed by atoms with Crippen LogP contribution in [0.3, 0.4) is 0 Å². The van der Waals surface area contributed by atoms with Crippen molar-refractivity contribution in [3.63, 3.8) is 0 Å². The molecule has 1 atom stereocenters. The zero-order chi connectivity index (χ0) is 21.9. The summed E-state index contributed by atoms with van der Waals surface area (Å²) in [6, 6.07) is 13.1. The Bertz CT molecular complexity index is 1130. The second-order valence-corrected chi connectivity index (χ2v) is 8.33. The summed E-state index contributed by atoms with van der Waals surface area (Å²) < 4.78 is 8.06. The minimum absolute atomic E-state index is 0.0777. The van der Waals surface area contributed by atoms with E-state index in [1.807, 2.05) is 59.9 Å². The quantitative estimate of drug-likeness (QED) is 0.515. The number of unbranched alkanes of at least 4 members (excludes halogenated alkanes) is 2. The molecule has 3 aromatic rings. The van der Waals surface area contributed by atoms with E-state index < -0.39 is 6.04 Å². The van der Waals surface area contributed by atoms with Gasteiger partial charge in [0, 0.05) is 24.5 Å². The number of rotatable bonds is 8. The number of amides is 1. The number of aliphatic imine (C=N–C) groups is 1. The van der Waals surface area contributed by atoms with Gasteiger partial charge in [-0.2, -0.15) is 0 Å². The first-order chi connectivity index (χ1) is 15.7. The molecule has 8 heteroatoms. The third kappa shape index (κ3) is 4.08. The number of aromatic nitrogens is 2. The first-order valence-electron chi connectivity index (χ1n) is 10.8. The van der Waals surface area contributed by atoms with Gasteiger partial charge in [0.05, 0.1) is 30.2 Å². The first kappa shape index (κ1) is 20.6. The lowest BCUT2D eigenvalue weighted by Gasteiger charge is -2.29. The molecule has 1 saturated heterocycles. The van der Waals surface area contributed by atoms with Crippen molar-refractivity contribution in [3.8, 4) is 5.75 Å². The number of benzene rings is 2. The zero-order valence-electron chi connectivity index (χ0n) is 17.6. The van der Waals surface area contributed by atoms with Gasteiger partial charge in [0.1, 0.15) is 11.8 Å². The minimum atomic E-state index is -0.417. The van der Waals surface area contributed by atoms with Gasteiger partial charge in [-0.1, -0.05) is 41.9 Å². The molecule has 1 amide bonds. The Balaban J connectivity index is 1.24. The summed E-state index contributed by atoms with van der Waals surface area (Å²) in [6.45, 7) is 2.06. The van der Waals surface area contributed by atoms with E-state index in [0.717, 1.165) is 42.6 Å². The molecule has 0 saturated carbocycles. The Morgan fingerprint density at radius 1 is 1.12 bits per heavy atom. The van der Waals surface area contributed by atoms with Crippen LogP contribution in [0.5, 0.6) is 5.75 Å². The topological polar surface area (TPSA) is 71.7 Å². The van der Waals surface area contributed by atoms with E-state index in [4.69, 9.17) is 16.3 Å². The van der Waals surface area contributed by atoms with Crippen molar-refractivity contribution in [2.45, 2.75) is 38.4 Å². The number of aryl methyl sites for hydroxylation is 1. The van der Waals surface area contributed by atoms with Crippen molar-refractivity contribution in [2.75, 3.05) is 6.61 Å². The molecule has 164 valence electrons. The predicted octanol–water partition coefficient (Wildman–Crippen LogP) is 4.46. The number of fused-ring (bicyclic) bond motifs is 2. The summed E-state index contributed by atoms with van der Waals surface area (Å²) in [4.78, 5) is 23.3. The van der Waals surface area contributed by atoms with Crippen LogP contribution in [0.2, 0.25) is 5.02 Å². The Morgan fingerprint density at radius 3 is 2.81 bits per heavy atom. The Labute approximate surface area is 191 Å². The number of hydrogen-bond acceptors (Lipinski definition) is 5. The highest BCUT2D eigenvalue weighted by molar-refractivity contribution is 6.33. The average Bonchev–Trinajstić information content (AvgIpc) is 3.43. The molecular weight excluding hydrogens is 426 g/mol. The molecule has 2 aliphatic heterocycles. The van der Waals surface area contributed by atoms with E-state index in [1.54, 1.807) is 6.20 Å². The van der Waals surface area contributed by atoms with Crippen LogP contribution >= 0.6 is 11.6 Å². The number of nitrogens with one attached hydrogen (secondary N) is 1. The molecular formula is C24H24ClN5O2. The second kappa shape index (κ2) is 9.04. The predicted molar refractivity (Wildman–Crippen MR) is 123 cm³/mol. The van der Waals surface area contributed by atoms with Gasteiger partial charge in [-0.15, -0.1) is 0 Å². The number of carbonyl (C=O) groups is 1. The van der Waals surface area contributed by atoms with E-state index >= 15 is 0 Å². The lowest BCUT2D eigenvalue weighted by atomic mass is 10.0. The van der Waals surface area contributed by atoms with Gasteiger partial charge >= 0.3 is 0 Å². The molecule has 3 heterocycles. The SMILES string of the molecule is O=C1NC2=Nc3ccc(OCCCCCn4ccnc4)c(Cl)c3CN2C1c1ccccc1. The molecule has 0 radical (unpaired) electrons. The van der Waals surface area contributed by atoms with Crippen molar-refractivity contribution < 1.29 is 9.53 Å². The van der Waals surface area contributed by atoms with Crippen LogP contribution < -0.4 is 10.1 Å². The summed E-state index contributed by atoms with van der Waals surface area (Å²) in [5.74, 6) is 1.15. The molecule has 32 heavy (non-hydrogen) atoms. The van der Waals surface area contributed by atoms with Crippen LogP contribution in [0.1, 0.15) is 36.4 Å². The first-order valence-corrected chi connectivity index (χ1v) is 11.2. The Morgan fingerprint density at radius 2 is 2.00 bits per heavy atom. The maximum Gasteiger partial charge on any atom is 0.254 e. The fraction of sp³-hybridized carbons (Fsp3) is 0.292. The molecule has 1 fully saturated rings. The number of carbonyl (C=O) groups excluding carboxylic acids is 1. The van der Waals surface area contributed by atoms with Crippen LogP contribution in [-0.4, -0.2) is 32.9 Å². The van der Waals surface area contributed by atoms with Gasteiger partial charge in [-0.25, -0.2) is 9.98 Å². The number of ether oxygens (including phenoxy) is 1. The highest BCUT2D eigenvalue weighted by Crippen LogP contribution is 2.41. The molecule has 1 N–H and O–H groups in total. The molecule has 2 aliphatic rings. The maximum atomic E-state index is 12.7. The minimum Gasteiger partial charge on any atom is -0.492 e.